The van der Waals surface area contributed by atoms with Crippen molar-refractivity contribution >= 4 is 11.1 Å². The lowest BCUT2D eigenvalue weighted by molar-refractivity contribution is 0.261. The maximum absolute atomic E-state index is 5.91. The quantitative estimate of drug-likeness (QED) is 0.265. The van der Waals surface area contributed by atoms with Crippen molar-refractivity contribution in [3.8, 4) is 5.75 Å². The number of allylic oxidation sites excluding steroid dienone is 3. The van der Waals surface area contributed by atoms with E-state index in [0.717, 1.165) is 25.1 Å². The number of likely N-dealkylation sites (N-methyl/N-ethyl adjacent to an activating group) is 1. The number of nitrogens with zero attached hydrogens (tertiary/aromatic N) is 1. The van der Waals surface area contributed by atoms with Crippen LogP contribution in [0, 0.1) is 0 Å². The smallest absolute Gasteiger partial charge is 0.119 e. The molecule has 160 valence electrons. The topological polar surface area (TPSA) is 12.5 Å². The van der Waals surface area contributed by atoms with Crippen LogP contribution in [0.4, 0.5) is 0 Å². The van der Waals surface area contributed by atoms with Gasteiger partial charge in [0.2, 0.25) is 0 Å². The zero-order valence-electron chi connectivity index (χ0n) is 18.9. The molecule has 2 nitrogen and oxygen atoms in total. The average Bonchev–Trinajstić information content (AvgIpc) is 2.80. The predicted molar refractivity (Wildman–Crippen MR) is 133 cm³/mol. The standard InChI is InChI=1S/C29H33NO/c1-4-5-8-17-28(24-13-9-6-10-14-24)29(25-15-11-7-12-16-25)26-18-20-27(21-19-26)31-23-22-30(2)3/h6-21H,4-5,22-23H2,1-3H3/b17-8-,29-28?. The molecule has 0 saturated heterocycles. The number of unbranched alkanes of at least 4 members (excludes halogenated alkanes) is 1. The van der Waals surface area contributed by atoms with E-state index in [4.69, 9.17) is 4.74 Å². The predicted octanol–water partition coefficient (Wildman–Crippen LogP) is 6.94. The molecule has 0 aromatic heterocycles. The van der Waals surface area contributed by atoms with E-state index in [0.29, 0.717) is 6.61 Å². The van der Waals surface area contributed by atoms with E-state index in [2.05, 4.69) is 123 Å². The molecule has 0 heterocycles. The molecule has 0 atom stereocenters. The van der Waals surface area contributed by atoms with Gasteiger partial charge < -0.3 is 9.64 Å². The first-order valence-corrected chi connectivity index (χ1v) is 11.1. The molecule has 0 radical (unpaired) electrons. The monoisotopic (exact) mass is 411 g/mol. The van der Waals surface area contributed by atoms with Gasteiger partial charge in [0, 0.05) is 6.54 Å². The van der Waals surface area contributed by atoms with E-state index < -0.39 is 0 Å². The normalized spacial score (nSPS) is 12.3. The number of ether oxygens (including phenoxy) is 1. The Morgan fingerprint density at radius 1 is 0.774 bits per heavy atom. The Morgan fingerprint density at radius 3 is 1.94 bits per heavy atom. The maximum atomic E-state index is 5.91. The van der Waals surface area contributed by atoms with Crippen LogP contribution >= 0.6 is 0 Å². The molecular weight excluding hydrogens is 378 g/mol. The fourth-order valence-corrected chi connectivity index (χ4v) is 3.46. The van der Waals surface area contributed by atoms with Crippen molar-refractivity contribution in [1.82, 2.24) is 4.90 Å². The van der Waals surface area contributed by atoms with Crippen molar-refractivity contribution in [2.45, 2.75) is 19.8 Å². The summed E-state index contributed by atoms with van der Waals surface area (Å²) in [6.07, 6.45) is 6.77. The van der Waals surface area contributed by atoms with Crippen LogP contribution in [0.1, 0.15) is 36.5 Å². The second-order valence-corrected chi connectivity index (χ2v) is 7.89. The Bertz CT molecular complexity index is 970. The number of hydrogen-bond acceptors (Lipinski definition) is 2. The third kappa shape index (κ3) is 6.70. The minimum atomic E-state index is 0.683. The molecule has 0 aliphatic carbocycles. The summed E-state index contributed by atoms with van der Waals surface area (Å²) in [6.45, 7) is 3.80. The highest BCUT2D eigenvalue weighted by Crippen LogP contribution is 2.34. The molecule has 2 heteroatoms. The summed E-state index contributed by atoms with van der Waals surface area (Å²) in [5, 5.41) is 0. The molecule has 0 fully saturated rings. The molecule has 31 heavy (non-hydrogen) atoms. The highest BCUT2D eigenvalue weighted by molar-refractivity contribution is 6.02. The van der Waals surface area contributed by atoms with Crippen LogP contribution in [0.5, 0.6) is 5.75 Å². The zero-order chi connectivity index (χ0) is 21.9. The molecule has 0 amide bonds. The van der Waals surface area contributed by atoms with Gasteiger partial charge >= 0.3 is 0 Å². The van der Waals surface area contributed by atoms with E-state index in [9.17, 15) is 0 Å². The third-order valence-electron chi connectivity index (χ3n) is 5.11. The van der Waals surface area contributed by atoms with Crippen molar-refractivity contribution in [2.75, 3.05) is 27.2 Å². The molecule has 3 aromatic carbocycles. The lowest BCUT2D eigenvalue weighted by Crippen LogP contribution is -2.19. The van der Waals surface area contributed by atoms with Gasteiger partial charge in [0.1, 0.15) is 12.4 Å². The zero-order valence-corrected chi connectivity index (χ0v) is 18.9. The van der Waals surface area contributed by atoms with Crippen LogP contribution in [-0.4, -0.2) is 32.1 Å². The third-order valence-corrected chi connectivity index (χ3v) is 5.11. The summed E-state index contributed by atoms with van der Waals surface area (Å²) >= 11 is 0. The van der Waals surface area contributed by atoms with E-state index in [1.807, 2.05) is 0 Å². The van der Waals surface area contributed by atoms with Crippen LogP contribution < -0.4 is 4.74 Å². The number of rotatable bonds is 10. The summed E-state index contributed by atoms with van der Waals surface area (Å²) < 4.78 is 5.91. The molecule has 0 saturated carbocycles. The van der Waals surface area contributed by atoms with Crippen LogP contribution in [-0.2, 0) is 0 Å². The van der Waals surface area contributed by atoms with Crippen molar-refractivity contribution in [2.24, 2.45) is 0 Å². The minimum absolute atomic E-state index is 0.683. The molecule has 0 spiro atoms. The van der Waals surface area contributed by atoms with Gasteiger partial charge in [-0.15, -0.1) is 0 Å². The average molecular weight is 412 g/mol. The molecule has 0 bridgehead atoms. The highest BCUT2D eigenvalue weighted by Gasteiger charge is 2.12. The minimum Gasteiger partial charge on any atom is -0.492 e. The molecule has 0 aliphatic rings. The van der Waals surface area contributed by atoms with Gasteiger partial charge in [-0.3, -0.25) is 0 Å². The van der Waals surface area contributed by atoms with Crippen molar-refractivity contribution < 1.29 is 4.74 Å². The fourth-order valence-electron chi connectivity index (χ4n) is 3.46. The Morgan fingerprint density at radius 2 is 1.35 bits per heavy atom. The summed E-state index contributed by atoms with van der Waals surface area (Å²) in [6, 6.07) is 29.8. The molecule has 0 unspecified atom stereocenters. The van der Waals surface area contributed by atoms with Crippen LogP contribution in [0.3, 0.4) is 0 Å². The van der Waals surface area contributed by atoms with Gasteiger partial charge in [-0.1, -0.05) is 98.3 Å². The largest absolute Gasteiger partial charge is 0.492 e. The fraction of sp³-hybridized carbons (Fsp3) is 0.241. The Labute approximate surface area is 187 Å². The maximum Gasteiger partial charge on any atom is 0.119 e. The van der Waals surface area contributed by atoms with Gasteiger partial charge in [0.05, 0.1) is 0 Å². The van der Waals surface area contributed by atoms with E-state index in [1.54, 1.807) is 0 Å². The number of benzene rings is 3. The van der Waals surface area contributed by atoms with E-state index in [1.165, 1.54) is 27.8 Å². The number of hydrogen-bond donors (Lipinski definition) is 0. The van der Waals surface area contributed by atoms with E-state index in [-0.39, 0.29) is 0 Å². The summed E-state index contributed by atoms with van der Waals surface area (Å²) in [5.74, 6) is 0.904. The summed E-state index contributed by atoms with van der Waals surface area (Å²) in [4.78, 5) is 2.12. The van der Waals surface area contributed by atoms with Gasteiger partial charge in [0.25, 0.3) is 0 Å². The van der Waals surface area contributed by atoms with Crippen LogP contribution in [0.15, 0.2) is 97.1 Å². The lowest BCUT2D eigenvalue weighted by atomic mass is 9.89. The van der Waals surface area contributed by atoms with Gasteiger partial charge in [-0.05, 0) is 60.5 Å². The molecule has 0 N–H and O–H groups in total. The van der Waals surface area contributed by atoms with Crippen LogP contribution in [0.25, 0.3) is 11.1 Å². The van der Waals surface area contributed by atoms with Gasteiger partial charge in [-0.25, -0.2) is 0 Å². The summed E-state index contributed by atoms with van der Waals surface area (Å²) in [5.41, 5.74) is 6.09. The lowest BCUT2D eigenvalue weighted by Gasteiger charge is -2.16. The SMILES string of the molecule is CCC/C=C\C(=C(c1ccccc1)c1ccc(OCCN(C)C)cc1)c1ccccc1. The molecular formula is C29H33NO. The first kappa shape index (κ1) is 22.6. The highest BCUT2D eigenvalue weighted by atomic mass is 16.5. The second kappa shape index (κ2) is 11.9. The van der Waals surface area contributed by atoms with E-state index >= 15 is 0 Å². The van der Waals surface area contributed by atoms with Crippen molar-refractivity contribution in [3.05, 3.63) is 114 Å². The van der Waals surface area contributed by atoms with Crippen molar-refractivity contribution in [1.29, 1.82) is 0 Å². The van der Waals surface area contributed by atoms with Crippen molar-refractivity contribution in [3.63, 3.8) is 0 Å². The first-order chi connectivity index (χ1) is 15.2. The van der Waals surface area contributed by atoms with Gasteiger partial charge in [0.15, 0.2) is 0 Å². The Hall–Kier alpha value is -3.10. The first-order valence-electron chi connectivity index (χ1n) is 11.1. The second-order valence-electron chi connectivity index (χ2n) is 7.89. The molecule has 3 rings (SSSR count). The Balaban J connectivity index is 2.06. The Kier molecular flexibility index (Phi) is 8.69. The summed E-state index contributed by atoms with van der Waals surface area (Å²) in [7, 11) is 4.11. The van der Waals surface area contributed by atoms with Gasteiger partial charge in [-0.2, -0.15) is 0 Å². The molecule has 3 aromatic rings. The molecule has 0 aliphatic heterocycles. The van der Waals surface area contributed by atoms with Crippen LogP contribution in [0.2, 0.25) is 0 Å².